The SMILES string of the molecule is CCOc1ccc2nc(N3CCN(CCNC(=O)c4cccc(S(=O)(=O)CC)c4)CC3)sc2c1. The van der Waals surface area contributed by atoms with Crippen molar-refractivity contribution in [2.75, 3.05) is 56.5 Å². The molecule has 1 aliphatic rings. The third kappa shape index (κ3) is 5.68. The zero-order chi connectivity index (χ0) is 24.1. The molecule has 1 amide bonds. The normalized spacial score (nSPS) is 14.9. The highest BCUT2D eigenvalue weighted by Gasteiger charge is 2.20. The molecule has 1 aromatic heterocycles. The van der Waals surface area contributed by atoms with Gasteiger partial charge in [-0.15, -0.1) is 0 Å². The van der Waals surface area contributed by atoms with Gasteiger partial charge in [0.15, 0.2) is 15.0 Å². The lowest BCUT2D eigenvalue weighted by atomic mass is 10.2. The quantitative estimate of drug-likeness (QED) is 0.481. The van der Waals surface area contributed by atoms with Gasteiger partial charge < -0.3 is 15.0 Å². The molecule has 1 saturated heterocycles. The number of carbonyl (C=O) groups is 1. The molecule has 10 heteroatoms. The van der Waals surface area contributed by atoms with E-state index in [0.29, 0.717) is 18.7 Å². The molecule has 8 nitrogen and oxygen atoms in total. The number of benzene rings is 2. The zero-order valence-corrected chi connectivity index (χ0v) is 21.1. The number of sulfone groups is 1. The molecule has 0 radical (unpaired) electrons. The largest absolute Gasteiger partial charge is 0.494 e. The molecule has 0 bridgehead atoms. The summed E-state index contributed by atoms with van der Waals surface area (Å²) in [7, 11) is -3.34. The van der Waals surface area contributed by atoms with Crippen molar-refractivity contribution < 1.29 is 17.9 Å². The topological polar surface area (TPSA) is 91.8 Å². The van der Waals surface area contributed by atoms with Gasteiger partial charge in [0.2, 0.25) is 0 Å². The van der Waals surface area contributed by atoms with E-state index in [-0.39, 0.29) is 16.6 Å². The monoisotopic (exact) mass is 502 g/mol. The number of fused-ring (bicyclic) bond motifs is 1. The Morgan fingerprint density at radius 2 is 1.91 bits per heavy atom. The minimum Gasteiger partial charge on any atom is -0.494 e. The van der Waals surface area contributed by atoms with Crippen LogP contribution in [0.25, 0.3) is 10.2 Å². The van der Waals surface area contributed by atoms with Crippen molar-refractivity contribution in [1.29, 1.82) is 0 Å². The van der Waals surface area contributed by atoms with E-state index in [1.165, 1.54) is 12.1 Å². The molecule has 0 saturated carbocycles. The van der Waals surface area contributed by atoms with Gasteiger partial charge in [0.1, 0.15) is 5.75 Å². The fourth-order valence-electron chi connectivity index (χ4n) is 3.87. The van der Waals surface area contributed by atoms with E-state index in [1.807, 2.05) is 25.1 Å². The maximum Gasteiger partial charge on any atom is 0.251 e. The lowest BCUT2D eigenvalue weighted by molar-refractivity contribution is 0.0947. The summed E-state index contributed by atoms with van der Waals surface area (Å²) in [4.78, 5) is 22.1. The first-order chi connectivity index (χ1) is 16.4. The van der Waals surface area contributed by atoms with Crippen LogP contribution in [-0.2, 0) is 9.84 Å². The molecule has 3 aromatic rings. The average molecular weight is 503 g/mol. The van der Waals surface area contributed by atoms with E-state index in [0.717, 1.165) is 53.8 Å². The van der Waals surface area contributed by atoms with Crippen LogP contribution in [0.15, 0.2) is 47.4 Å². The van der Waals surface area contributed by atoms with Crippen LogP contribution >= 0.6 is 11.3 Å². The van der Waals surface area contributed by atoms with Crippen molar-refractivity contribution in [2.24, 2.45) is 0 Å². The number of ether oxygens (including phenoxy) is 1. The van der Waals surface area contributed by atoms with Crippen LogP contribution in [0.5, 0.6) is 5.75 Å². The Labute approximate surface area is 204 Å². The fraction of sp³-hybridized carbons (Fsp3) is 0.417. The molecular weight excluding hydrogens is 472 g/mol. The first kappa shape index (κ1) is 24.4. The summed E-state index contributed by atoms with van der Waals surface area (Å²) in [5.74, 6) is 0.624. The molecule has 0 atom stereocenters. The molecule has 1 aliphatic heterocycles. The van der Waals surface area contributed by atoms with Crippen molar-refractivity contribution in [2.45, 2.75) is 18.7 Å². The summed E-state index contributed by atoms with van der Waals surface area (Å²) in [5.41, 5.74) is 1.35. The van der Waals surface area contributed by atoms with Gasteiger partial charge in [0.05, 0.1) is 27.5 Å². The van der Waals surface area contributed by atoms with Crippen molar-refractivity contribution in [1.82, 2.24) is 15.2 Å². The highest BCUT2D eigenvalue weighted by Crippen LogP contribution is 2.32. The van der Waals surface area contributed by atoms with Crippen molar-refractivity contribution >= 4 is 42.4 Å². The third-order valence-corrected chi connectivity index (χ3v) is 8.66. The predicted molar refractivity (Wildman–Crippen MR) is 136 cm³/mol. The Hall–Kier alpha value is -2.69. The Morgan fingerprint density at radius 3 is 2.65 bits per heavy atom. The number of hydrogen-bond donors (Lipinski definition) is 1. The first-order valence-electron chi connectivity index (χ1n) is 11.5. The highest BCUT2D eigenvalue weighted by molar-refractivity contribution is 7.91. The number of thiazole rings is 1. The van der Waals surface area contributed by atoms with Crippen molar-refractivity contribution in [3.8, 4) is 5.75 Å². The fourth-order valence-corrected chi connectivity index (χ4v) is 5.85. The lowest BCUT2D eigenvalue weighted by Crippen LogP contribution is -2.48. The maximum atomic E-state index is 12.5. The second-order valence-corrected chi connectivity index (χ2v) is 11.4. The Morgan fingerprint density at radius 1 is 1.12 bits per heavy atom. The Bertz CT molecular complexity index is 1250. The van der Waals surface area contributed by atoms with Crippen LogP contribution < -0.4 is 15.0 Å². The standard InChI is InChI=1S/C24H30N4O4S2/c1-3-32-19-8-9-21-22(17-19)33-24(26-21)28-14-12-27(13-15-28)11-10-25-23(29)18-6-5-7-20(16-18)34(30,31)4-2/h5-9,16-17H,3-4,10-15H2,1-2H3,(H,25,29). The summed E-state index contributed by atoms with van der Waals surface area (Å²) in [6.07, 6.45) is 0. The summed E-state index contributed by atoms with van der Waals surface area (Å²) < 4.78 is 30.9. The van der Waals surface area contributed by atoms with Crippen LogP contribution in [0.3, 0.4) is 0 Å². The number of hydrogen-bond acceptors (Lipinski definition) is 8. The smallest absolute Gasteiger partial charge is 0.251 e. The maximum absolute atomic E-state index is 12.5. The minimum absolute atomic E-state index is 0.00930. The molecule has 0 unspecified atom stereocenters. The van der Waals surface area contributed by atoms with Gasteiger partial charge in [-0.05, 0) is 43.3 Å². The number of carbonyl (C=O) groups excluding carboxylic acids is 1. The van der Waals surface area contributed by atoms with Crippen LogP contribution in [0.4, 0.5) is 5.13 Å². The molecule has 0 spiro atoms. The van der Waals surface area contributed by atoms with Crippen molar-refractivity contribution in [3.63, 3.8) is 0 Å². The van der Waals surface area contributed by atoms with Gasteiger partial charge in [-0.3, -0.25) is 9.69 Å². The summed E-state index contributed by atoms with van der Waals surface area (Å²) in [6, 6.07) is 12.2. The number of anilines is 1. The third-order valence-electron chi connectivity index (χ3n) is 5.85. The van der Waals surface area contributed by atoms with Crippen LogP contribution in [0.2, 0.25) is 0 Å². The summed E-state index contributed by atoms with van der Waals surface area (Å²) in [5, 5.41) is 3.93. The van der Waals surface area contributed by atoms with Crippen LogP contribution in [0.1, 0.15) is 24.2 Å². The molecule has 2 heterocycles. The number of aromatic nitrogens is 1. The molecule has 34 heavy (non-hydrogen) atoms. The Balaban J connectivity index is 1.26. The molecular formula is C24H30N4O4S2. The zero-order valence-electron chi connectivity index (χ0n) is 19.5. The van der Waals surface area contributed by atoms with Gasteiger partial charge in [0, 0.05) is 44.8 Å². The first-order valence-corrected chi connectivity index (χ1v) is 14.0. The molecule has 0 aliphatic carbocycles. The number of nitrogens with zero attached hydrogens (tertiary/aromatic N) is 3. The number of rotatable bonds is 9. The molecule has 1 fully saturated rings. The Kier molecular flexibility index (Phi) is 7.70. The molecule has 2 aromatic carbocycles. The second kappa shape index (κ2) is 10.7. The molecule has 182 valence electrons. The highest BCUT2D eigenvalue weighted by atomic mass is 32.2. The summed E-state index contributed by atoms with van der Waals surface area (Å²) >= 11 is 1.69. The van der Waals surface area contributed by atoms with Crippen molar-refractivity contribution in [3.05, 3.63) is 48.0 Å². The van der Waals surface area contributed by atoms with Gasteiger partial charge in [-0.25, -0.2) is 13.4 Å². The molecule has 1 N–H and O–H groups in total. The average Bonchev–Trinajstić information content (AvgIpc) is 3.28. The van der Waals surface area contributed by atoms with Crippen LogP contribution in [-0.4, -0.2) is 75.8 Å². The van der Waals surface area contributed by atoms with E-state index >= 15 is 0 Å². The number of nitrogens with one attached hydrogen (secondary N) is 1. The van der Waals surface area contributed by atoms with Gasteiger partial charge in [-0.1, -0.05) is 24.3 Å². The predicted octanol–water partition coefficient (Wildman–Crippen LogP) is 3.04. The van der Waals surface area contributed by atoms with Gasteiger partial charge in [0.25, 0.3) is 5.91 Å². The van der Waals surface area contributed by atoms with E-state index in [2.05, 4.69) is 15.1 Å². The number of piperazine rings is 1. The lowest BCUT2D eigenvalue weighted by Gasteiger charge is -2.34. The van der Waals surface area contributed by atoms with E-state index in [1.54, 1.807) is 30.4 Å². The second-order valence-electron chi connectivity index (χ2n) is 8.07. The van der Waals surface area contributed by atoms with E-state index < -0.39 is 9.84 Å². The summed E-state index contributed by atoms with van der Waals surface area (Å²) in [6.45, 7) is 9.00. The molecule has 4 rings (SSSR count). The van der Waals surface area contributed by atoms with Crippen LogP contribution in [0, 0.1) is 0 Å². The minimum atomic E-state index is -3.34. The van der Waals surface area contributed by atoms with Gasteiger partial charge in [-0.2, -0.15) is 0 Å². The number of amides is 1. The van der Waals surface area contributed by atoms with E-state index in [4.69, 9.17) is 9.72 Å². The van der Waals surface area contributed by atoms with Gasteiger partial charge >= 0.3 is 0 Å². The van der Waals surface area contributed by atoms with E-state index in [9.17, 15) is 13.2 Å².